The van der Waals surface area contributed by atoms with E-state index >= 15 is 0 Å². The molecule has 2 N–H and O–H groups in total. The highest BCUT2D eigenvalue weighted by atomic mass is 15.1. The minimum Gasteiger partial charge on any atom is -0.326 e. The summed E-state index contributed by atoms with van der Waals surface area (Å²) in [4.78, 5) is 2.61. The molecule has 1 aromatic rings. The molecule has 20 heavy (non-hydrogen) atoms. The van der Waals surface area contributed by atoms with Gasteiger partial charge in [0.15, 0.2) is 0 Å². The maximum absolute atomic E-state index is 5.73. The molecule has 1 fully saturated rings. The average Bonchev–Trinajstić information content (AvgIpc) is 2.64. The lowest BCUT2D eigenvalue weighted by Gasteiger charge is -2.29. The fourth-order valence-electron chi connectivity index (χ4n) is 3.29. The predicted octanol–water partition coefficient (Wildman–Crippen LogP) is 3.79. The molecule has 2 heteroatoms. The second-order valence-corrected chi connectivity index (χ2v) is 7.29. The maximum Gasteiger partial charge on any atom is 0.0233 e. The minimum atomic E-state index is 0.454. The van der Waals surface area contributed by atoms with Crippen molar-refractivity contribution in [1.29, 1.82) is 0 Å². The molecule has 1 saturated heterocycles. The van der Waals surface area contributed by atoms with Gasteiger partial charge in [-0.05, 0) is 54.8 Å². The Kier molecular flexibility index (Phi) is 5.22. The van der Waals surface area contributed by atoms with E-state index in [-0.39, 0.29) is 0 Å². The fraction of sp³-hybridized carbons (Fsp3) is 0.667. The summed E-state index contributed by atoms with van der Waals surface area (Å²) in [6.07, 6.45) is 4.04. The summed E-state index contributed by atoms with van der Waals surface area (Å²) in [6, 6.07) is 8.73. The SMILES string of the molecule is CC(C)(C)C1CCCN(Cc2cccc(CN)c2)CC1. The largest absolute Gasteiger partial charge is 0.326 e. The van der Waals surface area contributed by atoms with Crippen LogP contribution in [0.2, 0.25) is 0 Å². The molecule has 1 heterocycles. The Balaban J connectivity index is 1.94. The van der Waals surface area contributed by atoms with E-state index in [0.29, 0.717) is 12.0 Å². The molecule has 1 aromatic carbocycles. The number of nitrogens with two attached hydrogens (primary N) is 1. The van der Waals surface area contributed by atoms with Crippen LogP contribution in [-0.2, 0) is 13.1 Å². The van der Waals surface area contributed by atoms with Crippen LogP contribution in [-0.4, -0.2) is 18.0 Å². The summed E-state index contributed by atoms with van der Waals surface area (Å²) in [5, 5.41) is 0. The van der Waals surface area contributed by atoms with Gasteiger partial charge in [-0.3, -0.25) is 4.90 Å². The van der Waals surface area contributed by atoms with Gasteiger partial charge in [0.05, 0.1) is 0 Å². The van der Waals surface area contributed by atoms with E-state index in [4.69, 9.17) is 5.73 Å². The monoisotopic (exact) mass is 274 g/mol. The molecular formula is C18H30N2. The molecule has 0 radical (unpaired) electrons. The first-order chi connectivity index (χ1) is 9.49. The highest BCUT2D eigenvalue weighted by Crippen LogP contribution is 2.34. The van der Waals surface area contributed by atoms with Crippen molar-refractivity contribution in [2.75, 3.05) is 13.1 Å². The van der Waals surface area contributed by atoms with Crippen molar-refractivity contribution in [2.45, 2.75) is 53.1 Å². The first-order valence-corrected chi connectivity index (χ1v) is 7.99. The van der Waals surface area contributed by atoms with Gasteiger partial charge >= 0.3 is 0 Å². The average molecular weight is 274 g/mol. The van der Waals surface area contributed by atoms with Gasteiger partial charge in [-0.15, -0.1) is 0 Å². The molecule has 1 aliphatic rings. The topological polar surface area (TPSA) is 29.3 Å². The Labute approximate surface area is 124 Å². The van der Waals surface area contributed by atoms with Crippen LogP contribution >= 0.6 is 0 Å². The lowest BCUT2D eigenvalue weighted by atomic mass is 9.77. The molecule has 1 atom stereocenters. The number of nitrogens with zero attached hydrogens (tertiary/aromatic N) is 1. The third-order valence-electron chi connectivity index (χ3n) is 4.68. The van der Waals surface area contributed by atoms with Crippen molar-refractivity contribution in [3.05, 3.63) is 35.4 Å². The van der Waals surface area contributed by atoms with Crippen molar-refractivity contribution in [1.82, 2.24) is 4.90 Å². The molecule has 2 nitrogen and oxygen atoms in total. The van der Waals surface area contributed by atoms with Gasteiger partial charge < -0.3 is 5.73 Å². The summed E-state index contributed by atoms with van der Waals surface area (Å²) in [6.45, 7) is 11.3. The summed E-state index contributed by atoms with van der Waals surface area (Å²) in [5.74, 6) is 0.864. The van der Waals surface area contributed by atoms with Gasteiger partial charge in [0.25, 0.3) is 0 Å². The van der Waals surface area contributed by atoms with Crippen LogP contribution in [0.1, 0.15) is 51.2 Å². The van der Waals surface area contributed by atoms with Gasteiger partial charge in [-0.1, -0.05) is 45.0 Å². The first-order valence-electron chi connectivity index (χ1n) is 7.99. The number of hydrogen-bond donors (Lipinski definition) is 1. The van der Waals surface area contributed by atoms with Crippen molar-refractivity contribution in [3.63, 3.8) is 0 Å². The summed E-state index contributed by atoms with van der Waals surface area (Å²) in [5.41, 5.74) is 8.83. The third-order valence-corrected chi connectivity index (χ3v) is 4.68. The van der Waals surface area contributed by atoms with Gasteiger partial charge in [-0.25, -0.2) is 0 Å². The van der Waals surface area contributed by atoms with E-state index in [1.54, 1.807) is 0 Å². The summed E-state index contributed by atoms with van der Waals surface area (Å²) < 4.78 is 0. The Hall–Kier alpha value is -0.860. The van der Waals surface area contributed by atoms with Crippen molar-refractivity contribution < 1.29 is 0 Å². The Morgan fingerprint density at radius 3 is 2.60 bits per heavy atom. The maximum atomic E-state index is 5.73. The van der Waals surface area contributed by atoms with Crippen molar-refractivity contribution in [2.24, 2.45) is 17.1 Å². The minimum absolute atomic E-state index is 0.454. The molecule has 0 aromatic heterocycles. The van der Waals surface area contributed by atoms with E-state index in [1.807, 2.05) is 0 Å². The normalized spacial score (nSPS) is 21.7. The predicted molar refractivity (Wildman–Crippen MR) is 86.4 cm³/mol. The highest BCUT2D eigenvalue weighted by molar-refractivity contribution is 5.23. The third kappa shape index (κ3) is 4.32. The second-order valence-electron chi connectivity index (χ2n) is 7.29. The summed E-state index contributed by atoms with van der Waals surface area (Å²) >= 11 is 0. The van der Waals surface area contributed by atoms with Crippen LogP contribution in [0.4, 0.5) is 0 Å². The number of rotatable bonds is 3. The van der Waals surface area contributed by atoms with Crippen LogP contribution in [0.25, 0.3) is 0 Å². The van der Waals surface area contributed by atoms with Gasteiger partial charge in [-0.2, -0.15) is 0 Å². The molecule has 112 valence electrons. The van der Waals surface area contributed by atoms with Crippen LogP contribution in [0.3, 0.4) is 0 Å². The van der Waals surface area contributed by atoms with Crippen LogP contribution in [0.5, 0.6) is 0 Å². The first kappa shape index (κ1) is 15.5. The van der Waals surface area contributed by atoms with E-state index in [0.717, 1.165) is 12.5 Å². The zero-order valence-corrected chi connectivity index (χ0v) is 13.4. The number of likely N-dealkylation sites (tertiary alicyclic amines) is 1. The van der Waals surface area contributed by atoms with Gasteiger partial charge in [0, 0.05) is 13.1 Å². The lowest BCUT2D eigenvalue weighted by molar-refractivity contribution is 0.206. The zero-order valence-electron chi connectivity index (χ0n) is 13.4. The number of hydrogen-bond acceptors (Lipinski definition) is 2. The van der Waals surface area contributed by atoms with E-state index in [2.05, 4.69) is 49.9 Å². The van der Waals surface area contributed by atoms with Crippen LogP contribution in [0.15, 0.2) is 24.3 Å². The Bertz CT molecular complexity index is 420. The molecule has 0 saturated carbocycles. The highest BCUT2D eigenvalue weighted by Gasteiger charge is 2.26. The molecular weight excluding hydrogens is 244 g/mol. The van der Waals surface area contributed by atoms with Gasteiger partial charge in [0.2, 0.25) is 0 Å². The van der Waals surface area contributed by atoms with E-state index in [9.17, 15) is 0 Å². The molecule has 0 bridgehead atoms. The van der Waals surface area contributed by atoms with Crippen molar-refractivity contribution in [3.8, 4) is 0 Å². The standard InChI is InChI=1S/C18H30N2/c1-18(2,3)17-8-5-10-20(11-9-17)14-16-7-4-6-15(12-16)13-19/h4,6-7,12,17H,5,8-11,13-14,19H2,1-3H3. The molecule has 0 aliphatic carbocycles. The fourth-order valence-corrected chi connectivity index (χ4v) is 3.29. The summed E-state index contributed by atoms with van der Waals surface area (Å²) in [7, 11) is 0. The molecule has 0 spiro atoms. The zero-order chi connectivity index (χ0) is 14.6. The van der Waals surface area contributed by atoms with Crippen LogP contribution in [0, 0.1) is 11.3 Å². The van der Waals surface area contributed by atoms with E-state index in [1.165, 1.54) is 43.5 Å². The molecule has 2 rings (SSSR count). The van der Waals surface area contributed by atoms with Gasteiger partial charge in [0.1, 0.15) is 0 Å². The number of benzene rings is 1. The molecule has 1 aliphatic heterocycles. The lowest BCUT2D eigenvalue weighted by Crippen LogP contribution is -2.26. The second kappa shape index (κ2) is 6.73. The smallest absolute Gasteiger partial charge is 0.0233 e. The Morgan fingerprint density at radius 1 is 1.15 bits per heavy atom. The van der Waals surface area contributed by atoms with E-state index < -0.39 is 0 Å². The molecule has 0 amide bonds. The molecule has 1 unspecified atom stereocenters. The van der Waals surface area contributed by atoms with Crippen LogP contribution < -0.4 is 5.73 Å². The Morgan fingerprint density at radius 2 is 1.90 bits per heavy atom. The quantitative estimate of drug-likeness (QED) is 0.908. The van der Waals surface area contributed by atoms with Crippen molar-refractivity contribution >= 4 is 0 Å².